The van der Waals surface area contributed by atoms with Gasteiger partial charge in [0, 0.05) is 18.2 Å². The summed E-state index contributed by atoms with van der Waals surface area (Å²) < 4.78 is 33.2. The first-order valence-electron chi connectivity index (χ1n) is 7.47. The molecule has 4 nitrogen and oxygen atoms in total. The molecule has 0 aliphatic rings. The number of unbranched alkanes of at least 4 members (excludes halogenated alkanes) is 1. The van der Waals surface area contributed by atoms with E-state index >= 15 is 0 Å². The molecule has 0 N–H and O–H groups in total. The number of hydrogen-bond donors (Lipinski definition) is 0. The van der Waals surface area contributed by atoms with Crippen molar-refractivity contribution in [3.05, 3.63) is 17.1 Å². The number of sulfonamides is 1. The maximum absolute atomic E-state index is 13.1. The van der Waals surface area contributed by atoms with Gasteiger partial charge in [-0.1, -0.05) is 20.3 Å². The Balaban J connectivity index is 3.35. The van der Waals surface area contributed by atoms with Crippen molar-refractivity contribution in [1.29, 1.82) is 0 Å². The van der Waals surface area contributed by atoms with Gasteiger partial charge in [-0.3, -0.25) is 0 Å². The third-order valence-corrected chi connectivity index (χ3v) is 6.32. The Labute approximate surface area is 133 Å². The minimum atomic E-state index is -3.58. The summed E-state index contributed by atoms with van der Waals surface area (Å²) in [5.41, 5.74) is 0.582. The van der Waals surface area contributed by atoms with E-state index in [1.807, 2.05) is 13.8 Å². The van der Waals surface area contributed by atoms with Crippen molar-refractivity contribution in [3.63, 3.8) is 0 Å². The van der Waals surface area contributed by atoms with E-state index in [0.717, 1.165) is 19.3 Å². The van der Waals surface area contributed by atoms with Crippen LogP contribution in [0.4, 0.5) is 0 Å². The molecule has 0 aliphatic carbocycles. The molecule has 1 aromatic heterocycles. The average molecular weight is 336 g/mol. The first kappa shape index (κ1) is 18.5. The Hall–Kier alpha value is -0.520. The molecule has 1 rings (SSSR count). The molecule has 1 unspecified atom stereocenters. The number of aryl methyl sites for hydroxylation is 2. The zero-order chi connectivity index (χ0) is 16.2. The number of halogens is 1. The number of furan rings is 1. The summed E-state index contributed by atoms with van der Waals surface area (Å²) in [7, 11) is -3.58. The second-order valence-electron chi connectivity index (χ2n) is 5.38. The highest BCUT2D eigenvalue weighted by atomic mass is 35.5. The Morgan fingerprint density at radius 1 is 1.24 bits per heavy atom. The number of rotatable bonds is 8. The van der Waals surface area contributed by atoms with Gasteiger partial charge in [0.2, 0.25) is 10.0 Å². The summed E-state index contributed by atoms with van der Waals surface area (Å²) in [6, 6.07) is -0.0423. The fraction of sp³-hybridized carbons (Fsp3) is 0.733. The number of nitrogens with zero attached hydrogens (tertiary/aromatic N) is 1. The van der Waals surface area contributed by atoms with E-state index < -0.39 is 10.0 Å². The third-order valence-electron chi connectivity index (χ3n) is 3.84. The van der Waals surface area contributed by atoms with E-state index in [1.54, 1.807) is 18.2 Å². The fourth-order valence-corrected chi connectivity index (χ4v) is 4.97. The highest BCUT2D eigenvalue weighted by Crippen LogP contribution is 2.31. The van der Waals surface area contributed by atoms with Crippen molar-refractivity contribution in [1.82, 2.24) is 4.31 Å². The largest absolute Gasteiger partial charge is 0.465 e. The molecule has 0 spiro atoms. The molecular formula is C15H26ClNO3S. The summed E-state index contributed by atoms with van der Waals surface area (Å²) >= 11 is 5.94. The molecular weight excluding hydrogens is 310 g/mol. The lowest BCUT2D eigenvalue weighted by Crippen LogP contribution is -2.39. The summed E-state index contributed by atoms with van der Waals surface area (Å²) in [6.07, 6.45) is 2.57. The molecule has 0 bridgehead atoms. The maximum atomic E-state index is 13.1. The molecule has 0 aliphatic heterocycles. The van der Waals surface area contributed by atoms with Crippen molar-refractivity contribution in [2.75, 3.05) is 6.54 Å². The van der Waals surface area contributed by atoms with Crippen LogP contribution < -0.4 is 0 Å². The summed E-state index contributed by atoms with van der Waals surface area (Å²) in [4.78, 5) is 0.256. The van der Waals surface area contributed by atoms with Crippen LogP contribution in [0.25, 0.3) is 0 Å². The van der Waals surface area contributed by atoms with E-state index in [9.17, 15) is 8.42 Å². The van der Waals surface area contributed by atoms with Crippen LogP contribution in [0.15, 0.2) is 9.31 Å². The van der Waals surface area contributed by atoms with Crippen LogP contribution in [0.2, 0.25) is 0 Å². The molecule has 21 heavy (non-hydrogen) atoms. The molecule has 0 saturated heterocycles. The minimum absolute atomic E-state index is 0.0423. The first-order valence-corrected chi connectivity index (χ1v) is 9.45. The second kappa shape index (κ2) is 7.65. The van der Waals surface area contributed by atoms with E-state index in [-0.39, 0.29) is 16.8 Å². The summed E-state index contributed by atoms with van der Waals surface area (Å²) in [6.45, 7) is 9.96. The van der Waals surface area contributed by atoms with Crippen LogP contribution in [0.3, 0.4) is 0 Å². The second-order valence-corrected chi connectivity index (χ2v) is 7.48. The predicted octanol–water partition coefficient (Wildman–Crippen LogP) is 4.22. The fourth-order valence-electron chi connectivity index (χ4n) is 2.41. The van der Waals surface area contributed by atoms with Crippen LogP contribution in [0, 0.1) is 13.8 Å². The lowest BCUT2D eigenvalue weighted by molar-refractivity contribution is 0.323. The summed E-state index contributed by atoms with van der Waals surface area (Å²) in [5, 5.41) is 0. The van der Waals surface area contributed by atoms with Gasteiger partial charge in [-0.2, -0.15) is 4.31 Å². The van der Waals surface area contributed by atoms with E-state index in [1.165, 1.54) is 0 Å². The lowest BCUT2D eigenvalue weighted by atomic mass is 10.2. The molecule has 0 amide bonds. The van der Waals surface area contributed by atoms with Gasteiger partial charge in [0.05, 0.1) is 5.88 Å². The SMILES string of the molecule is CCCCN(C(C)CC)S(=O)(=O)c1c(C)oc(C)c1CCl. The van der Waals surface area contributed by atoms with Crippen LogP contribution in [-0.4, -0.2) is 25.3 Å². The Morgan fingerprint density at radius 3 is 2.33 bits per heavy atom. The molecule has 122 valence electrons. The Bertz CT molecular complexity index is 566. The molecule has 6 heteroatoms. The molecule has 1 atom stereocenters. The lowest BCUT2D eigenvalue weighted by Gasteiger charge is -2.27. The van der Waals surface area contributed by atoms with Crippen LogP contribution >= 0.6 is 11.6 Å². The topological polar surface area (TPSA) is 50.5 Å². The predicted molar refractivity (Wildman–Crippen MR) is 86.3 cm³/mol. The normalized spacial score (nSPS) is 13.9. The zero-order valence-corrected chi connectivity index (χ0v) is 15.1. The molecule has 0 saturated carbocycles. The van der Waals surface area contributed by atoms with Gasteiger partial charge in [-0.15, -0.1) is 11.6 Å². The zero-order valence-electron chi connectivity index (χ0n) is 13.6. The van der Waals surface area contributed by atoms with Crippen LogP contribution in [0.1, 0.15) is 57.1 Å². The van der Waals surface area contributed by atoms with Gasteiger partial charge in [-0.05, 0) is 33.6 Å². The van der Waals surface area contributed by atoms with Gasteiger partial charge in [0.25, 0.3) is 0 Å². The number of alkyl halides is 1. The summed E-state index contributed by atoms with van der Waals surface area (Å²) in [5.74, 6) is 1.15. The van der Waals surface area contributed by atoms with Crippen LogP contribution in [0.5, 0.6) is 0 Å². The van der Waals surface area contributed by atoms with Gasteiger partial charge in [0.1, 0.15) is 16.4 Å². The highest BCUT2D eigenvalue weighted by Gasteiger charge is 2.34. The van der Waals surface area contributed by atoms with Crippen molar-refractivity contribution in [3.8, 4) is 0 Å². The van der Waals surface area contributed by atoms with Crippen molar-refractivity contribution in [2.24, 2.45) is 0 Å². The Morgan fingerprint density at radius 2 is 1.86 bits per heavy atom. The Kier molecular flexibility index (Phi) is 6.75. The van der Waals surface area contributed by atoms with Crippen LogP contribution in [-0.2, 0) is 15.9 Å². The van der Waals surface area contributed by atoms with Gasteiger partial charge >= 0.3 is 0 Å². The average Bonchev–Trinajstić information content (AvgIpc) is 2.72. The molecule has 0 radical (unpaired) electrons. The maximum Gasteiger partial charge on any atom is 0.247 e. The van der Waals surface area contributed by atoms with E-state index in [4.69, 9.17) is 16.0 Å². The third kappa shape index (κ3) is 3.82. The van der Waals surface area contributed by atoms with Crippen molar-refractivity contribution >= 4 is 21.6 Å². The number of hydrogen-bond acceptors (Lipinski definition) is 3. The smallest absolute Gasteiger partial charge is 0.247 e. The first-order chi connectivity index (χ1) is 9.81. The highest BCUT2D eigenvalue weighted by molar-refractivity contribution is 7.89. The van der Waals surface area contributed by atoms with Gasteiger partial charge in [-0.25, -0.2) is 8.42 Å². The van der Waals surface area contributed by atoms with Gasteiger partial charge in [0.15, 0.2) is 0 Å². The molecule has 0 fully saturated rings. The minimum Gasteiger partial charge on any atom is -0.465 e. The van der Waals surface area contributed by atoms with Crippen molar-refractivity contribution < 1.29 is 12.8 Å². The molecule has 1 heterocycles. The van der Waals surface area contributed by atoms with Gasteiger partial charge < -0.3 is 4.42 Å². The monoisotopic (exact) mass is 335 g/mol. The van der Waals surface area contributed by atoms with E-state index in [0.29, 0.717) is 23.6 Å². The standard InChI is InChI=1S/C15H26ClNO3S/c1-6-8-9-17(11(3)7-2)21(18,19)15-13(5)20-12(4)14(15)10-16/h11H,6-10H2,1-5H3. The van der Waals surface area contributed by atoms with Crippen molar-refractivity contribution in [2.45, 2.75) is 70.7 Å². The molecule has 0 aromatic carbocycles. The van der Waals surface area contributed by atoms with E-state index in [2.05, 4.69) is 6.92 Å². The quantitative estimate of drug-likeness (QED) is 0.668. The molecule has 1 aromatic rings.